The number of amides is 1. The molecule has 8 nitrogen and oxygen atoms in total. The molecule has 0 aliphatic carbocycles. The fraction of sp³-hybridized carbons (Fsp3) is 0.522. The molecule has 1 aromatic heterocycles. The van der Waals surface area contributed by atoms with E-state index in [0.29, 0.717) is 5.92 Å². The summed E-state index contributed by atoms with van der Waals surface area (Å²) in [5.41, 5.74) is 2.82. The number of benzene rings is 1. The van der Waals surface area contributed by atoms with Gasteiger partial charge in [0.05, 0.1) is 17.8 Å². The number of nitrogens with zero attached hydrogens (tertiary/aromatic N) is 3. The number of aromatic nitrogens is 2. The maximum Gasteiger partial charge on any atom is 0.342 e. The molecule has 0 atom stereocenters. The van der Waals surface area contributed by atoms with E-state index in [-0.39, 0.29) is 18.5 Å². The molecule has 1 amide bonds. The topological polar surface area (TPSA) is 99.5 Å². The number of allylic oxidation sites excluding steroid dienone is 1. The number of nitrogens with one attached hydrogen (secondary N) is 2. The molecule has 4 rings (SSSR count). The number of piperidine rings is 2. The first-order valence-electron chi connectivity index (χ1n) is 11.1. The Morgan fingerprint density at radius 1 is 1.23 bits per heavy atom. The third-order valence-electron chi connectivity index (χ3n) is 6.42. The minimum Gasteiger partial charge on any atom is -0.480 e. The molecular formula is C23H31N5O3. The summed E-state index contributed by atoms with van der Waals surface area (Å²) < 4.78 is 1.47. The second-order valence-electron chi connectivity index (χ2n) is 8.52. The van der Waals surface area contributed by atoms with E-state index in [1.54, 1.807) is 7.05 Å². The Bertz CT molecular complexity index is 969. The summed E-state index contributed by atoms with van der Waals surface area (Å²) in [5, 5.41) is 20.8. The summed E-state index contributed by atoms with van der Waals surface area (Å²) in [7, 11) is 1.61. The Hall–Kier alpha value is -2.71. The zero-order valence-corrected chi connectivity index (χ0v) is 18.0. The predicted molar refractivity (Wildman–Crippen MR) is 120 cm³/mol. The van der Waals surface area contributed by atoms with Gasteiger partial charge in [-0.15, -0.1) is 0 Å². The van der Waals surface area contributed by atoms with Gasteiger partial charge in [-0.3, -0.25) is 9.69 Å². The molecule has 1 aromatic carbocycles. The van der Waals surface area contributed by atoms with Gasteiger partial charge in [0.1, 0.15) is 0 Å². The summed E-state index contributed by atoms with van der Waals surface area (Å²) in [6, 6.07) is 5.96. The molecule has 0 bridgehead atoms. The van der Waals surface area contributed by atoms with Crippen LogP contribution in [0.2, 0.25) is 0 Å². The molecule has 2 aliphatic heterocycles. The molecule has 2 aliphatic rings. The fourth-order valence-corrected chi connectivity index (χ4v) is 4.66. The van der Waals surface area contributed by atoms with E-state index in [1.165, 1.54) is 4.68 Å². The molecule has 166 valence electrons. The molecule has 2 aromatic rings. The van der Waals surface area contributed by atoms with E-state index in [4.69, 9.17) is 10.2 Å². The molecule has 0 spiro atoms. The van der Waals surface area contributed by atoms with Crippen molar-refractivity contribution in [3.8, 4) is 0 Å². The van der Waals surface area contributed by atoms with Crippen molar-refractivity contribution in [1.82, 2.24) is 25.3 Å². The highest BCUT2D eigenvalue weighted by atomic mass is 16.4. The van der Waals surface area contributed by atoms with E-state index in [1.807, 2.05) is 11.0 Å². The molecule has 3 N–H and O–H groups in total. The lowest BCUT2D eigenvalue weighted by Gasteiger charge is -2.30. The molecule has 8 heteroatoms. The molecule has 0 radical (unpaired) electrons. The van der Waals surface area contributed by atoms with Gasteiger partial charge >= 0.3 is 12.0 Å². The Labute approximate surface area is 182 Å². The van der Waals surface area contributed by atoms with Gasteiger partial charge in [-0.25, -0.2) is 4.79 Å². The SMILES string of the molecule is CNC(=O)n1nc(C2CCN(CC(=O)O)CC2)c2ccc(C=CC3CCNCC3)cc21. The number of rotatable bonds is 5. The third kappa shape index (κ3) is 4.97. The Morgan fingerprint density at radius 3 is 2.65 bits per heavy atom. The van der Waals surface area contributed by atoms with Crippen molar-refractivity contribution < 1.29 is 14.7 Å². The summed E-state index contributed by atoms with van der Waals surface area (Å²) in [4.78, 5) is 25.4. The number of carbonyl (C=O) groups excluding carboxylic acids is 1. The van der Waals surface area contributed by atoms with Gasteiger partial charge in [0, 0.05) is 18.4 Å². The van der Waals surface area contributed by atoms with Gasteiger partial charge in [0.25, 0.3) is 0 Å². The minimum atomic E-state index is -0.794. The second kappa shape index (κ2) is 9.62. The number of hydrogen-bond donors (Lipinski definition) is 3. The lowest BCUT2D eigenvalue weighted by Crippen LogP contribution is -2.36. The van der Waals surface area contributed by atoms with Crippen LogP contribution in [-0.2, 0) is 4.79 Å². The number of carboxylic acids is 1. The van der Waals surface area contributed by atoms with Crippen molar-refractivity contribution in [1.29, 1.82) is 0 Å². The van der Waals surface area contributed by atoms with Gasteiger partial charge in [-0.05, 0) is 69.4 Å². The monoisotopic (exact) mass is 425 g/mol. The van der Waals surface area contributed by atoms with Crippen LogP contribution < -0.4 is 10.6 Å². The Balaban J connectivity index is 1.59. The van der Waals surface area contributed by atoms with Crippen LogP contribution in [0.15, 0.2) is 24.3 Å². The first kappa shape index (κ1) is 21.5. The van der Waals surface area contributed by atoms with Gasteiger partial charge in [-0.1, -0.05) is 24.3 Å². The zero-order valence-electron chi connectivity index (χ0n) is 18.0. The second-order valence-corrected chi connectivity index (χ2v) is 8.52. The van der Waals surface area contributed by atoms with Crippen LogP contribution in [0, 0.1) is 5.92 Å². The van der Waals surface area contributed by atoms with Crippen molar-refractivity contribution in [2.24, 2.45) is 5.92 Å². The highest BCUT2D eigenvalue weighted by Crippen LogP contribution is 2.33. The van der Waals surface area contributed by atoms with Gasteiger partial charge in [0.15, 0.2) is 0 Å². The summed E-state index contributed by atoms with van der Waals surface area (Å²) in [5.74, 6) is 0.0137. The summed E-state index contributed by atoms with van der Waals surface area (Å²) >= 11 is 0. The minimum absolute atomic E-state index is 0.0763. The molecule has 2 saturated heterocycles. The molecule has 3 heterocycles. The Kier molecular flexibility index (Phi) is 6.67. The van der Waals surface area contributed by atoms with Crippen LogP contribution in [0.1, 0.15) is 42.9 Å². The van der Waals surface area contributed by atoms with Crippen molar-refractivity contribution in [2.75, 3.05) is 39.8 Å². The maximum atomic E-state index is 12.5. The average molecular weight is 426 g/mol. The molecule has 2 fully saturated rings. The predicted octanol–water partition coefficient (Wildman–Crippen LogP) is 2.50. The van der Waals surface area contributed by atoms with E-state index >= 15 is 0 Å². The van der Waals surface area contributed by atoms with E-state index in [0.717, 1.165) is 74.0 Å². The van der Waals surface area contributed by atoms with Crippen LogP contribution in [0.3, 0.4) is 0 Å². The average Bonchev–Trinajstić information content (AvgIpc) is 3.17. The highest BCUT2D eigenvalue weighted by Gasteiger charge is 2.27. The van der Waals surface area contributed by atoms with Gasteiger partial charge in [-0.2, -0.15) is 9.78 Å². The van der Waals surface area contributed by atoms with Crippen molar-refractivity contribution in [3.63, 3.8) is 0 Å². The number of carboxylic acid groups (broad SMARTS) is 1. The van der Waals surface area contributed by atoms with Crippen LogP contribution >= 0.6 is 0 Å². The first-order valence-corrected chi connectivity index (χ1v) is 11.1. The lowest BCUT2D eigenvalue weighted by molar-refractivity contribution is -0.138. The van der Waals surface area contributed by atoms with Gasteiger partial charge in [0.2, 0.25) is 0 Å². The first-order chi connectivity index (χ1) is 15.0. The zero-order chi connectivity index (χ0) is 21.8. The van der Waals surface area contributed by atoms with E-state index in [2.05, 4.69) is 34.9 Å². The summed E-state index contributed by atoms with van der Waals surface area (Å²) in [6.07, 6.45) is 8.41. The largest absolute Gasteiger partial charge is 0.480 e. The number of fused-ring (bicyclic) bond motifs is 1. The Morgan fingerprint density at radius 2 is 1.97 bits per heavy atom. The number of aliphatic carboxylic acids is 1. The smallest absolute Gasteiger partial charge is 0.342 e. The number of likely N-dealkylation sites (tertiary alicyclic amines) is 1. The van der Waals surface area contributed by atoms with Crippen LogP contribution in [0.5, 0.6) is 0 Å². The standard InChI is InChI=1S/C23H31N5O3/c1-24-23(31)28-20-14-17(3-2-16-6-10-25-11-7-16)4-5-19(20)22(26-28)18-8-12-27(13-9-18)15-21(29)30/h2-5,14,16,18,25H,6-13,15H2,1H3,(H,24,31)(H,29,30). The van der Waals surface area contributed by atoms with Crippen LogP contribution in [-0.4, -0.2) is 71.6 Å². The van der Waals surface area contributed by atoms with Gasteiger partial charge < -0.3 is 15.7 Å². The maximum absolute atomic E-state index is 12.5. The highest BCUT2D eigenvalue weighted by molar-refractivity contribution is 5.93. The molecule has 31 heavy (non-hydrogen) atoms. The normalized spacial score (nSPS) is 19.3. The van der Waals surface area contributed by atoms with Crippen molar-refractivity contribution >= 4 is 29.0 Å². The van der Waals surface area contributed by atoms with Crippen LogP contribution in [0.25, 0.3) is 17.0 Å². The number of hydrogen-bond acceptors (Lipinski definition) is 5. The fourth-order valence-electron chi connectivity index (χ4n) is 4.66. The third-order valence-corrected chi connectivity index (χ3v) is 6.42. The summed E-state index contributed by atoms with van der Waals surface area (Å²) in [6.45, 7) is 3.65. The lowest BCUT2D eigenvalue weighted by atomic mass is 9.91. The quantitative estimate of drug-likeness (QED) is 0.681. The van der Waals surface area contributed by atoms with Crippen LogP contribution in [0.4, 0.5) is 4.79 Å². The number of carbonyl (C=O) groups is 2. The molecule has 0 unspecified atom stereocenters. The van der Waals surface area contributed by atoms with E-state index in [9.17, 15) is 9.59 Å². The molecular weight excluding hydrogens is 394 g/mol. The molecule has 0 saturated carbocycles. The van der Waals surface area contributed by atoms with Crippen molar-refractivity contribution in [2.45, 2.75) is 31.6 Å². The van der Waals surface area contributed by atoms with Crippen molar-refractivity contribution in [3.05, 3.63) is 35.5 Å². The van der Waals surface area contributed by atoms with E-state index < -0.39 is 5.97 Å².